The van der Waals surface area contributed by atoms with Crippen LogP contribution in [0.3, 0.4) is 0 Å². The molecular weight excluding hydrogens is 619 g/mol. The highest BCUT2D eigenvalue weighted by atomic mass is 35.5. The summed E-state index contributed by atoms with van der Waals surface area (Å²) in [6, 6.07) is 17.7. The van der Waals surface area contributed by atoms with Crippen molar-refractivity contribution >= 4 is 57.1 Å². The predicted molar refractivity (Wildman–Crippen MR) is 179 cm³/mol. The van der Waals surface area contributed by atoms with E-state index in [1.54, 1.807) is 51.9 Å². The molecule has 4 heterocycles. The average Bonchev–Trinajstić information content (AvgIpc) is 2.97. The van der Waals surface area contributed by atoms with Gasteiger partial charge in [0, 0.05) is 45.6 Å². The first-order valence-corrected chi connectivity index (χ1v) is 15.1. The fourth-order valence-corrected chi connectivity index (χ4v) is 5.69. The van der Waals surface area contributed by atoms with Crippen LogP contribution >= 0.6 is 34.8 Å². The zero-order chi connectivity index (χ0) is 31.7. The lowest BCUT2D eigenvalue weighted by atomic mass is 10.1. The second-order valence-electron chi connectivity index (χ2n) is 10.7. The fourth-order valence-electron chi connectivity index (χ4n) is 4.96. The summed E-state index contributed by atoms with van der Waals surface area (Å²) in [5.74, 6) is 0. The van der Waals surface area contributed by atoms with E-state index in [0.717, 1.165) is 11.1 Å². The molecule has 6 rings (SSSR count). The van der Waals surface area contributed by atoms with E-state index in [-0.39, 0.29) is 23.2 Å². The zero-order valence-corrected chi connectivity index (χ0v) is 27.0. The summed E-state index contributed by atoms with van der Waals surface area (Å²) in [5, 5.41) is 1.56. The molecule has 4 aromatic heterocycles. The van der Waals surface area contributed by atoms with Crippen LogP contribution in [0.15, 0.2) is 82.6 Å². The maximum atomic E-state index is 12.9. The molecule has 0 atom stereocenters. The van der Waals surface area contributed by atoms with Crippen molar-refractivity contribution < 1.29 is 0 Å². The number of nitrogens with zero attached hydrogens (tertiary/aromatic N) is 6. The second-order valence-corrected chi connectivity index (χ2v) is 12.0. The van der Waals surface area contributed by atoms with Crippen molar-refractivity contribution in [1.82, 2.24) is 29.1 Å². The van der Waals surface area contributed by atoms with Gasteiger partial charge < -0.3 is 0 Å². The van der Waals surface area contributed by atoms with Crippen molar-refractivity contribution in [2.45, 2.75) is 46.7 Å². The molecule has 0 aliphatic carbocycles. The molecule has 44 heavy (non-hydrogen) atoms. The van der Waals surface area contributed by atoms with Crippen LogP contribution in [0.4, 0.5) is 0 Å². The molecule has 0 unspecified atom stereocenters. The molecule has 2 aromatic carbocycles. The van der Waals surface area contributed by atoms with E-state index in [0.29, 0.717) is 54.3 Å². The van der Waals surface area contributed by atoms with Crippen LogP contribution in [-0.4, -0.2) is 29.1 Å². The molecule has 0 aliphatic rings. The lowest BCUT2D eigenvalue weighted by molar-refractivity contribution is 0.593. The van der Waals surface area contributed by atoms with E-state index < -0.39 is 0 Å². The lowest BCUT2D eigenvalue weighted by Crippen LogP contribution is -2.26. The number of rotatable bonds is 4. The van der Waals surface area contributed by atoms with Crippen molar-refractivity contribution in [2.75, 3.05) is 0 Å². The largest absolute Gasteiger partial charge is 0.287 e. The molecule has 11 heteroatoms. The van der Waals surface area contributed by atoms with Gasteiger partial charge in [0.05, 0.1) is 5.02 Å². The van der Waals surface area contributed by atoms with E-state index in [4.69, 9.17) is 34.8 Å². The van der Waals surface area contributed by atoms with Gasteiger partial charge in [-0.05, 0) is 94.8 Å². The van der Waals surface area contributed by atoms with Crippen LogP contribution in [0.25, 0.3) is 44.8 Å². The Labute approximate surface area is 268 Å². The number of pyridine rings is 2. The minimum atomic E-state index is -0.217. The third kappa shape index (κ3) is 6.11. The summed E-state index contributed by atoms with van der Waals surface area (Å²) in [7, 11) is 0. The number of benzene rings is 2. The highest BCUT2D eigenvalue weighted by molar-refractivity contribution is 6.36. The van der Waals surface area contributed by atoms with Gasteiger partial charge in [0.15, 0.2) is 11.3 Å². The van der Waals surface area contributed by atoms with E-state index in [2.05, 4.69) is 19.9 Å². The Bertz CT molecular complexity index is 1990. The van der Waals surface area contributed by atoms with Crippen molar-refractivity contribution in [3.05, 3.63) is 114 Å². The Morgan fingerprint density at radius 3 is 1.55 bits per heavy atom. The third-order valence-electron chi connectivity index (χ3n) is 6.96. The van der Waals surface area contributed by atoms with Gasteiger partial charge in [0.25, 0.3) is 11.1 Å². The van der Waals surface area contributed by atoms with E-state index >= 15 is 0 Å². The summed E-state index contributed by atoms with van der Waals surface area (Å²) >= 11 is 18.2. The molecule has 0 spiro atoms. The molecule has 0 fully saturated rings. The molecule has 0 bridgehead atoms. The topological polar surface area (TPSA) is 95.6 Å². The number of halogens is 3. The number of hydrogen-bond donors (Lipinski definition) is 0. The van der Waals surface area contributed by atoms with Gasteiger partial charge in [-0.1, -0.05) is 40.9 Å². The van der Waals surface area contributed by atoms with E-state index in [9.17, 15) is 9.59 Å². The first-order valence-electron chi connectivity index (χ1n) is 13.9. The highest BCUT2D eigenvalue weighted by Gasteiger charge is 2.18. The van der Waals surface area contributed by atoms with Gasteiger partial charge in [-0.3, -0.25) is 18.7 Å². The third-order valence-corrected chi connectivity index (χ3v) is 7.74. The van der Waals surface area contributed by atoms with E-state index in [1.807, 2.05) is 65.0 Å². The highest BCUT2D eigenvalue weighted by Crippen LogP contribution is 2.29. The van der Waals surface area contributed by atoms with Crippen molar-refractivity contribution in [3.8, 4) is 22.5 Å². The van der Waals surface area contributed by atoms with Crippen molar-refractivity contribution in [1.29, 1.82) is 0 Å². The lowest BCUT2D eigenvalue weighted by Gasteiger charge is -2.15. The maximum Gasteiger partial charge on any atom is 0.279 e. The van der Waals surface area contributed by atoms with E-state index in [1.165, 1.54) is 0 Å². The van der Waals surface area contributed by atoms with Crippen LogP contribution in [0.2, 0.25) is 15.1 Å². The summed E-state index contributed by atoms with van der Waals surface area (Å²) in [6.07, 6.45) is 3.33. The zero-order valence-electron chi connectivity index (χ0n) is 24.7. The summed E-state index contributed by atoms with van der Waals surface area (Å²) in [5.41, 5.74) is 5.21. The average molecular weight is 648 g/mol. The maximum absolute atomic E-state index is 12.9. The van der Waals surface area contributed by atoms with Gasteiger partial charge in [-0.2, -0.15) is 0 Å². The Hall–Kier alpha value is -4.11. The molecule has 224 valence electrons. The summed E-state index contributed by atoms with van der Waals surface area (Å²) in [6.45, 7) is 9.73. The van der Waals surface area contributed by atoms with Gasteiger partial charge in [-0.25, -0.2) is 19.9 Å². The quantitative estimate of drug-likeness (QED) is 0.191. The minimum Gasteiger partial charge on any atom is -0.287 e. The standard InChI is InChI=1S/C17H16ClN3O.C16H13Cl2N3O/c1-10(2)21-16-14(5-4-8-19-16)20-15(17(21)22)13-7-6-12(18)9-11(13)3;1-9(2)21-15-13(4-3-7-19-15)20-14(16(21)22)11-6-5-10(17)8-12(11)18/h4-10H,1-3H3;3-9H,1-2H3. The van der Waals surface area contributed by atoms with Crippen LogP contribution in [0.5, 0.6) is 0 Å². The summed E-state index contributed by atoms with van der Waals surface area (Å²) < 4.78 is 3.31. The minimum absolute atomic E-state index is 0.000689. The predicted octanol–water partition coefficient (Wildman–Crippen LogP) is 8.35. The SMILES string of the molecule is CC(C)n1c(=O)c(-c2ccc(Cl)cc2Cl)nc2cccnc21.Cc1cc(Cl)ccc1-c1nc2cccnc2n(C(C)C)c1=O. The molecule has 8 nitrogen and oxygen atoms in total. The van der Waals surface area contributed by atoms with Crippen LogP contribution in [0, 0.1) is 6.92 Å². The van der Waals surface area contributed by atoms with Crippen molar-refractivity contribution in [2.24, 2.45) is 0 Å². The Morgan fingerprint density at radius 2 is 1.09 bits per heavy atom. The number of hydrogen-bond acceptors (Lipinski definition) is 6. The Morgan fingerprint density at radius 1 is 0.636 bits per heavy atom. The van der Waals surface area contributed by atoms with Gasteiger partial charge >= 0.3 is 0 Å². The Kier molecular flexibility index (Phi) is 9.15. The van der Waals surface area contributed by atoms with Crippen LogP contribution < -0.4 is 11.1 Å². The van der Waals surface area contributed by atoms with Gasteiger partial charge in [0.1, 0.15) is 22.4 Å². The fraction of sp³-hybridized carbons (Fsp3) is 0.212. The molecular formula is C33H29Cl3N6O2. The summed E-state index contributed by atoms with van der Waals surface area (Å²) in [4.78, 5) is 43.3. The monoisotopic (exact) mass is 646 g/mol. The molecule has 0 radical (unpaired) electrons. The normalized spacial score (nSPS) is 11.3. The molecule has 0 aliphatic heterocycles. The molecule has 0 amide bonds. The molecule has 0 saturated carbocycles. The molecule has 0 saturated heterocycles. The first kappa shape index (κ1) is 31.3. The smallest absolute Gasteiger partial charge is 0.279 e. The number of aromatic nitrogens is 6. The first-order chi connectivity index (χ1) is 21.0. The Balaban J connectivity index is 0.000000175. The van der Waals surface area contributed by atoms with Gasteiger partial charge in [0.2, 0.25) is 0 Å². The number of aryl methyl sites for hydroxylation is 1. The molecule has 0 N–H and O–H groups in total. The second kappa shape index (κ2) is 12.9. The molecule has 6 aromatic rings. The van der Waals surface area contributed by atoms with Crippen LogP contribution in [-0.2, 0) is 0 Å². The van der Waals surface area contributed by atoms with Crippen molar-refractivity contribution in [3.63, 3.8) is 0 Å². The van der Waals surface area contributed by atoms with Gasteiger partial charge in [-0.15, -0.1) is 0 Å². The van der Waals surface area contributed by atoms with Crippen LogP contribution in [0.1, 0.15) is 45.3 Å². The number of fused-ring (bicyclic) bond motifs is 2.